The number of carbonyl (C=O) groups excluding carboxylic acids is 2. The van der Waals surface area contributed by atoms with Gasteiger partial charge in [0.25, 0.3) is 17.4 Å². The van der Waals surface area contributed by atoms with Gasteiger partial charge in [0.1, 0.15) is 11.5 Å². The Morgan fingerprint density at radius 1 is 1.03 bits per heavy atom. The smallest absolute Gasteiger partial charge is 0.295 e. The zero-order valence-electron chi connectivity index (χ0n) is 19.1. The number of hydrogen-bond acceptors (Lipinski definition) is 6. The quantitative estimate of drug-likeness (QED) is 0.168. The highest BCUT2D eigenvalue weighted by Gasteiger charge is 2.46. The zero-order chi connectivity index (χ0) is 24.9. The molecule has 0 spiro atoms. The summed E-state index contributed by atoms with van der Waals surface area (Å²) in [5, 5.41) is 22.5. The lowest BCUT2D eigenvalue weighted by atomic mass is 9.95. The van der Waals surface area contributed by atoms with Crippen molar-refractivity contribution in [1.29, 1.82) is 0 Å². The number of aliphatic hydroxyl groups is 1. The average molecular weight is 472 g/mol. The van der Waals surface area contributed by atoms with Crippen molar-refractivity contribution in [3.05, 3.63) is 111 Å². The Morgan fingerprint density at radius 3 is 2.40 bits per heavy atom. The molecule has 8 heteroatoms. The third-order valence-electron chi connectivity index (χ3n) is 5.86. The molecule has 0 radical (unpaired) electrons. The lowest BCUT2D eigenvalue weighted by Crippen LogP contribution is -2.31. The van der Waals surface area contributed by atoms with Crippen LogP contribution in [0.25, 0.3) is 5.76 Å². The number of aliphatic hydroxyl groups excluding tert-OH is 1. The van der Waals surface area contributed by atoms with Gasteiger partial charge in [-0.15, -0.1) is 0 Å². The van der Waals surface area contributed by atoms with Gasteiger partial charge in [0, 0.05) is 24.2 Å². The number of nitrogens with zero attached hydrogens (tertiary/aromatic N) is 2. The summed E-state index contributed by atoms with van der Waals surface area (Å²) >= 11 is 0. The molecule has 1 amide bonds. The lowest BCUT2D eigenvalue weighted by Gasteiger charge is -2.25. The van der Waals surface area contributed by atoms with E-state index in [0.717, 1.165) is 5.56 Å². The van der Waals surface area contributed by atoms with Gasteiger partial charge in [-0.2, -0.15) is 0 Å². The molecule has 3 aromatic carbocycles. The third kappa shape index (κ3) is 4.91. The number of hydrogen-bond donors (Lipinski definition) is 1. The second-order valence-electron chi connectivity index (χ2n) is 8.04. The van der Waals surface area contributed by atoms with Gasteiger partial charge in [-0.3, -0.25) is 19.7 Å². The summed E-state index contributed by atoms with van der Waals surface area (Å²) in [6.45, 7) is 2.52. The van der Waals surface area contributed by atoms with E-state index in [2.05, 4.69) is 0 Å². The molecule has 1 atom stereocenters. The summed E-state index contributed by atoms with van der Waals surface area (Å²) in [6, 6.07) is 20.8. The maximum absolute atomic E-state index is 13.1. The van der Waals surface area contributed by atoms with E-state index in [0.29, 0.717) is 29.9 Å². The van der Waals surface area contributed by atoms with Crippen molar-refractivity contribution in [3.63, 3.8) is 0 Å². The molecule has 1 aliphatic rings. The van der Waals surface area contributed by atoms with Crippen molar-refractivity contribution < 1.29 is 24.4 Å². The third-order valence-corrected chi connectivity index (χ3v) is 5.86. The SMILES string of the molecule is CCOc1ccc(C(O)=C2C(=O)C(=O)N(CCc3ccccc3)C2c2cccc([N+](=O)[O-])c2)cc1. The first kappa shape index (κ1) is 23.7. The Labute approximate surface area is 202 Å². The predicted octanol–water partition coefficient (Wildman–Crippen LogP) is 4.66. The number of carbonyl (C=O) groups is 2. The standard InChI is InChI=1S/C27H24N2O6/c1-2-35-22-13-11-19(12-14-22)25(30)23-24(20-9-6-10-21(17-20)29(33)34)28(27(32)26(23)31)16-15-18-7-4-3-5-8-18/h3-14,17,24,30H,2,15-16H2,1H3. The molecule has 0 bridgehead atoms. The maximum atomic E-state index is 13.1. The monoisotopic (exact) mass is 472 g/mol. The van der Waals surface area contributed by atoms with Crippen LogP contribution in [0.1, 0.15) is 29.7 Å². The molecule has 1 saturated heterocycles. The second-order valence-corrected chi connectivity index (χ2v) is 8.04. The minimum Gasteiger partial charge on any atom is -0.507 e. The van der Waals surface area contributed by atoms with Crippen molar-refractivity contribution >= 4 is 23.1 Å². The molecule has 1 N–H and O–H groups in total. The van der Waals surface area contributed by atoms with Crippen LogP contribution in [0, 0.1) is 10.1 Å². The minimum absolute atomic E-state index is 0.104. The van der Waals surface area contributed by atoms with Gasteiger partial charge in [0.2, 0.25) is 0 Å². The van der Waals surface area contributed by atoms with Crippen molar-refractivity contribution in [3.8, 4) is 5.75 Å². The number of rotatable bonds is 8. The number of ketones is 1. The van der Waals surface area contributed by atoms with Crippen molar-refractivity contribution in [2.45, 2.75) is 19.4 Å². The van der Waals surface area contributed by atoms with Crippen LogP contribution in [0.15, 0.2) is 84.4 Å². The Balaban J connectivity index is 1.79. The summed E-state index contributed by atoms with van der Waals surface area (Å²) in [5.41, 5.74) is 1.41. The zero-order valence-corrected chi connectivity index (χ0v) is 19.1. The number of likely N-dealkylation sites (tertiary alicyclic amines) is 1. The minimum atomic E-state index is -0.967. The lowest BCUT2D eigenvalue weighted by molar-refractivity contribution is -0.384. The Bertz CT molecular complexity index is 1280. The molecule has 0 saturated carbocycles. The van der Waals surface area contributed by atoms with E-state index in [1.807, 2.05) is 37.3 Å². The van der Waals surface area contributed by atoms with E-state index in [1.54, 1.807) is 30.3 Å². The van der Waals surface area contributed by atoms with Crippen LogP contribution in [0.2, 0.25) is 0 Å². The van der Waals surface area contributed by atoms with E-state index in [1.165, 1.54) is 23.1 Å². The Hall–Kier alpha value is -4.46. The van der Waals surface area contributed by atoms with Crippen molar-refractivity contribution in [1.82, 2.24) is 4.90 Å². The summed E-state index contributed by atoms with van der Waals surface area (Å²) in [7, 11) is 0. The van der Waals surface area contributed by atoms with Crippen LogP contribution in [0.3, 0.4) is 0 Å². The van der Waals surface area contributed by atoms with Crippen LogP contribution in [-0.4, -0.2) is 39.8 Å². The Kier molecular flexibility index (Phi) is 6.91. The van der Waals surface area contributed by atoms with Gasteiger partial charge >= 0.3 is 0 Å². The molecule has 1 unspecified atom stereocenters. The van der Waals surface area contributed by atoms with Crippen LogP contribution in [-0.2, 0) is 16.0 Å². The number of Topliss-reactive ketones (excluding diaryl/α,β-unsaturated/α-hetero) is 1. The highest BCUT2D eigenvalue weighted by Crippen LogP contribution is 2.40. The molecule has 35 heavy (non-hydrogen) atoms. The van der Waals surface area contributed by atoms with Gasteiger partial charge in [-0.05, 0) is 48.7 Å². The molecule has 1 aliphatic heterocycles. The van der Waals surface area contributed by atoms with Crippen molar-refractivity contribution in [2.75, 3.05) is 13.2 Å². The highest BCUT2D eigenvalue weighted by atomic mass is 16.6. The van der Waals surface area contributed by atoms with Crippen LogP contribution in [0.4, 0.5) is 5.69 Å². The summed E-state index contributed by atoms with van der Waals surface area (Å²) < 4.78 is 5.43. The van der Waals surface area contributed by atoms with E-state index in [4.69, 9.17) is 4.74 Å². The summed E-state index contributed by atoms with van der Waals surface area (Å²) in [5.74, 6) is -1.33. The van der Waals surface area contributed by atoms with Crippen LogP contribution >= 0.6 is 0 Å². The largest absolute Gasteiger partial charge is 0.507 e. The maximum Gasteiger partial charge on any atom is 0.295 e. The van der Waals surface area contributed by atoms with Crippen LogP contribution < -0.4 is 4.74 Å². The van der Waals surface area contributed by atoms with Gasteiger partial charge in [-0.1, -0.05) is 42.5 Å². The molecule has 1 fully saturated rings. The van der Waals surface area contributed by atoms with E-state index < -0.39 is 22.7 Å². The first-order chi connectivity index (χ1) is 16.9. The number of benzene rings is 3. The summed E-state index contributed by atoms with van der Waals surface area (Å²) in [6.07, 6.45) is 0.475. The van der Waals surface area contributed by atoms with Gasteiger partial charge in [0.05, 0.1) is 23.1 Å². The fraction of sp³-hybridized carbons (Fsp3) is 0.185. The molecular formula is C27H24N2O6. The topological polar surface area (TPSA) is 110 Å². The normalized spacial score (nSPS) is 16.9. The number of nitro groups is 1. The molecule has 1 heterocycles. The number of ether oxygens (including phenoxy) is 1. The first-order valence-corrected chi connectivity index (χ1v) is 11.2. The predicted molar refractivity (Wildman–Crippen MR) is 130 cm³/mol. The summed E-state index contributed by atoms with van der Waals surface area (Å²) in [4.78, 5) is 38.5. The fourth-order valence-corrected chi connectivity index (χ4v) is 4.19. The highest BCUT2D eigenvalue weighted by molar-refractivity contribution is 6.46. The number of nitro benzene ring substituents is 1. The first-order valence-electron chi connectivity index (χ1n) is 11.2. The number of non-ortho nitro benzene ring substituents is 1. The molecule has 0 aromatic heterocycles. The van der Waals surface area contributed by atoms with Gasteiger partial charge in [-0.25, -0.2) is 0 Å². The Morgan fingerprint density at radius 2 is 1.74 bits per heavy atom. The average Bonchev–Trinajstić information content (AvgIpc) is 3.13. The second kappa shape index (κ2) is 10.2. The van der Waals surface area contributed by atoms with Crippen LogP contribution in [0.5, 0.6) is 5.75 Å². The van der Waals surface area contributed by atoms with Gasteiger partial charge < -0.3 is 14.7 Å². The van der Waals surface area contributed by atoms with Crippen molar-refractivity contribution in [2.24, 2.45) is 0 Å². The number of amides is 1. The molecule has 178 valence electrons. The molecule has 4 rings (SSSR count). The fourth-order valence-electron chi connectivity index (χ4n) is 4.19. The van der Waals surface area contributed by atoms with E-state index >= 15 is 0 Å². The molecule has 8 nitrogen and oxygen atoms in total. The molecule has 0 aliphatic carbocycles. The van der Waals surface area contributed by atoms with E-state index in [9.17, 15) is 24.8 Å². The molecular weight excluding hydrogens is 448 g/mol. The van der Waals surface area contributed by atoms with E-state index in [-0.39, 0.29) is 23.6 Å². The van der Waals surface area contributed by atoms with Gasteiger partial charge in [0.15, 0.2) is 0 Å². The molecule has 3 aromatic rings.